The monoisotopic (exact) mass is 238 g/mol. The Morgan fingerprint density at radius 2 is 2.00 bits per heavy atom. The van der Waals surface area contributed by atoms with Crippen LogP contribution in [0.2, 0.25) is 0 Å². The number of unbranched alkanes of at least 4 members (excludes halogenated alkanes) is 1. The van der Waals surface area contributed by atoms with Crippen molar-refractivity contribution in [1.82, 2.24) is 0 Å². The highest BCUT2D eigenvalue weighted by atomic mass is 16.3. The predicted molar refractivity (Wildman–Crippen MR) is 65.0 cm³/mol. The summed E-state index contributed by atoms with van der Waals surface area (Å²) in [7, 11) is 0. The molecule has 1 rings (SSSR count). The lowest BCUT2D eigenvalue weighted by atomic mass is 9.99. The zero-order valence-corrected chi connectivity index (χ0v) is 9.60. The molecule has 5 nitrogen and oxygen atoms in total. The third-order valence-electron chi connectivity index (χ3n) is 2.59. The maximum Gasteiger partial charge on any atom is 0.183 e. The fraction of sp³-hybridized carbons (Fsp3) is 0.417. The third-order valence-corrected chi connectivity index (χ3v) is 2.59. The number of carbonyl (C=O) groups excluding carboxylic acids is 1. The summed E-state index contributed by atoms with van der Waals surface area (Å²) in [4.78, 5) is 11.9. The second-order valence-corrected chi connectivity index (χ2v) is 3.93. The average molecular weight is 238 g/mol. The smallest absolute Gasteiger partial charge is 0.183 e. The van der Waals surface area contributed by atoms with Crippen LogP contribution in [0.3, 0.4) is 0 Å². The number of hydrogen-bond donors (Lipinski definition) is 4. The summed E-state index contributed by atoms with van der Waals surface area (Å²) in [6, 6.07) is 3.58. The van der Waals surface area contributed by atoms with Gasteiger partial charge >= 0.3 is 0 Å². The third kappa shape index (κ3) is 3.44. The van der Waals surface area contributed by atoms with Crippen LogP contribution in [0.4, 0.5) is 0 Å². The molecule has 0 saturated carbocycles. The highest BCUT2D eigenvalue weighted by molar-refractivity contribution is 6.02. The minimum Gasteiger partial charge on any atom is -0.504 e. The summed E-state index contributed by atoms with van der Waals surface area (Å²) >= 11 is 0. The number of rotatable bonds is 6. The number of phenolic OH excluding ortho intramolecular Hbond substituents is 2. The number of para-hydroxylation sites is 1. The lowest BCUT2D eigenvalue weighted by Gasteiger charge is -2.11. The van der Waals surface area contributed by atoms with E-state index in [0.717, 1.165) is 12.8 Å². The summed E-state index contributed by atoms with van der Waals surface area (Å²) in [5.74, 6) is -1.09. The van der Waals surface area contributed by atoms with Gasteiger partial charge in [-0.3, -0.25) is 4.79 Å². The molecule has 17 heavy (non-hydrogen) atoms. The minimum absolute atomic E-state index is 0.0604. The minimum atomic E-state index is -0.672. The number of Topliss-reactive ketones (excluding diaryl/α,β-unsaturated/α-hetero) is 1. The Balaban J connectivity index is 2.71. The Bertz CT molecular complexity index is 393. The van der Waals surface area contributed by atoms with Crippen molar-refractivity contribution >= 4 is 5.78 Å². The number of hydrogen-bond acceptors (Lipinski definition) is 5. The predicted octanol–water partition coefficient (Wildman–Crippen LogP) is 0.737. The Morgan fingerprint density at radius 3 is 2.65 bits per heavy atom. The molecule has 0 fully saturated rings. The normalized spacial score (nSPS) is 12.4. The van der Waals surface area contributed by atoms with E-state index in [4.69, 9.17) is 11.5 Å². The van der Waals surface area contributed by atoms with Gasteiger partial charge < -0.3 is 21.7 Å². The lowest BCUT2D eigenvalue weighted by molar-refractivity contribution is 0.0952. The van der Waals surface area contributed by atoms with Crippen LogP contribution in [0.5, 0.6) is 11.5 Å². The molecule has 0 radical (unpaired) electrons. The van der Waals surface area contributed by atoms with Gasteiger partial charge in [0.15, 0.2) is 17.3 Å². The number of aromatic hydroxyl groups is 2. The molecule has 1 aromatic rings. The molecule has 0 amide bonds. The van der Waals surface area contributed by atoms with Gasteiger partial charge in [-0.05, 0) is 31.5 Å². The van der Waals surface area contributed by atoms with Gasteiger partial charge in [0.05, 0.1) is 11.6 Å². The molecule has 0 heterocycles. The van der Waals surface area contributed by atoms with Crippen molar-refractivity contribution in [2.75, 3.05) is 6.54 Å². The average Bonchev–Trinajstić information content (AvgIpc) is 2.32. The van der Waals surface area contributed by atoms with E-state index in [9.17, 15) is 15.0 Å². The zero-order valence-electron chi connectivity index (χ0n) is 9.60. The quantitative estimate of drug-likeness (QED) is 0.332. The van der Waals surface area contributed by atoms with Crippen molar-refractivity contribution in [3.63, 3.8) is 0 Å². The molecule has 1 atom stereocenters. The molecule has 6 N–H and O–H groups in total. The maximum absolute atomic E-state index is 11.9. The fourth-order valence-corrected chi connectivity index (χ4v) is 1.57. The number of benzene rings is 1. The summed E-state index contributed by atoms with van der Waals surface area (Å²) in [5, 5.41) is 18.8. The molecule has 0 unspecified atom stereocenters. The van der Waals surface area contributed by atoms with Crippen LogP contribution in [0.25, 0.3) is 0 Å². The second kappa shape index (κ2) is 6.22. The SMILES string of the molecule is NCCCC[C@H](N)C(=O)c1cccc(O)c1O. The zero-order chi connectivity index (χ0) is 12.8. The van der Waals surface area contributed by atoms with Gasteiger partial charge in [0.25, 0.3) is 0 Å². The first-order valence-electron chi connectivity index (χ1n) is 5.58. The van der Waals surface area contributed by atoms with Gasteiger partial charge in [-0.25, -0.2) is 0 Å². The van der Waals surface area contributed by atoms with Crippen molar-refractivity contribution in [3.05, 3.63) is 23.8 Å². The van der Waals surface area contributed by atoms with E-state index < -0.39 is 11.8 Å². The van der Waals surface area contributed by atoms with Crippen molar-refractivity contribution in [2.45, 2.75) is 25.3 Å². The van der Waals surface area contributed by atoms with E-state index in [0.29, 0.717) is 13.0 Å². The van der Waals surface area contributed by atoms with Crippen LogP contribution in [-0.4, -0.2) is 28.6 Å². The number of phenols is 2. The van der Waals surface area contributed by atoms with Gasteiger partial charge in [-0.1, -0.05) is 12.5 Å². The lowest BCUT2D eigenvalue weighted by Crippen LogP contribution is -2.30. The Kier molecular flexibility index (Phi) is 4.93. The first kappa shape index (κ1) is 13.5. The van der Waals surface area contributed by atoms with Crippen LogP contribution in [0.1, 0.15) is 29.6 Å². The van der Waals surface area contributed by atoms with E-state index in [2.05, 4.69) is 0 Å². The summed E-state index contributed by atoms with van der Waals surface area (Å²) < 4.78 is 0. The van der Waals surface area contributed by atoms with Crippen LogP contribution in [0.15, 0.2) is 18.2 Å². The fourth-order valence-electron chi connectivity index (χ4n) is 1.57. The van der Waals surface area contributed by atoms with Crippen molar-refractivity contribution < 1.29 is 15.0 Å². The first-order chi connectivity index (χ1) is 8.07. The van der Waals surface area contributed by atoms with Gasteiger partial charge in [0.1, 0.15) is 0 Å². The highest BCUT2D eigenvalue weighted by Crippen LogP contribution is 2.29. The Labute approximate surface area is 100 Å². The standard InChI is InChI=1S/C12H18N2O3/c13-7-2-1-5-9(14)11(16)8-4-3-6-10(15)12(8)17/h3-4,6,9,15,17H,1-2,5,7,13-14H2/t9-/m0/s1. The summed E-state index contributed by atoms with van der Waals surface area (Å²) in [6.45, 7) is 0.568. The summed E-state index contributed by atoms with van der Waals surface area (Å²) in [6.07, 6.45) is 2.10. The van der Waals surface area contributed by atoms with E-state index in [-0.39, 0.29) is 17.1 Å². The van der Waals surface area contributed by atoms with Crippen molar-refractivity contribution in [2.24, 2.45) is 11.5 Å². The molecule has 0 aromatic heterocycles. The highest BCUT2D eigenvalue weighted by Gasteiger charge is 2.19. The molecule has 0 aliphatic rings. The molecule has 94 valence electrons. The van der Waals surface area contributed by atoms with Gasteiger partial charge in [0, 0.05) is 0 Å². The maximum atomic E-state index is 11.9. The number of nitrogens with two attached hydrogens (primary N) is 2. The molecule has 1 aromatic carbocycles. The van der Waals surface area contributed by atoms with E-state index in [1.165, 1.54) is 18.2 Å². The van der Waals surface area contributed by atoms with Crippen LogP contribution < -0.4 is 11.5 Å². The summed E-state index contributed by atoms with van der Waals surface area (Å²) in [5.41, 5.74) is 11.1. The molecular formula is C12H18N2O3. The number of ketones is 1. The van der Waals surface area contributed by atoms with Crippen molar-refractivity contribution in [3.8, 4) is 11.5 Å². The van der Waals surface area contributed by atoms with E-state index >= 15 is 0 Å². The Hall–Kier alpha value is -1.59. The van der Waals surface area contributed by atoms with Gasteiger partial charge in [0.2, 0.25) is 0 Å². The van der Waals surface area contributed by atoms with Crippen LogP contribution in [0, 0.1) is 0 Å². The molecule has 0 saturated heterocycles. The molecule has 0 spiro atoms. The van der Waals surface area contributed by atoms with E-state index in [1.54, 1.807) is 0 Å². The molecule has 0 aliphatic heterocycles. The topological polar surface area (TPSA) is 110 Å². The van der Waals surface area contributed by atoms with Crippen molar-refractivity contribution in [1.29, 1.82) is 0 Å². The van der Waals surface area contributed by atoms with Gasteiger partial charge in [-0.15, -0.1) is 0 Å². The molecular weight excluding hydrogens is 220 g/mol. The first-order valence-corrected chi connectivity index (χ1v) is 5.58. The van der Waals surface area contributed by atoms with Crippen LogP contribution >= 0.6 is 0 Å². The van der Waals surface area contributed by atoms with Gasteiger partial charge in [-0.2, -0.15) is 0 Å². The second-order valence-electron chi connectivity index (χ2n) is 3.93. The molecule has 0 aliphatic carbocycles. The Morgan fingerprint density at radius 1 is 1.29 bits per heavy atom. The number of carbonyl (C=O) groups is 1. The largest absolute Gasteiger partial charge is 0.504 e. The van der Waals surface area contributed by atoms with E-state index in [1.807, 2.05) is 0 Å². The molecule has 5 heteroatoms. The van der Waals surface area contributed by atoms with Crippen LogP contribution in [-0.2, 0) is 0 Å². The molecule has 0 bridgehead atoms.